The van der Waals surface area contributed by atoms with Crippen molar-refractivity contribution in [2.24, 2.45) is 5.92 Å². The van der Waals surface area contributed by atoms with Crippen molar-refractivity contribution in [3.05, 3.63) is 42.2 Å². The molecule has 1 aromatic heterocycles. The number of hydrogen-bond donors (Lipinski definition) is 0. The van der Waals surface area contributed by atoms with Gasteiger partial charge in [-0.1, -0.05) is 44.9 Å². The molecule has 0 aliphatic heterocycles. The molecular formula is C17H27N. The number of nitrogens with zero attached hydrogens (tertiary/aromatic N) is 1. The van der Waals surface area contributed by atoms with Crippen LogP contribution in [0, 0.1) is 5.92 Å². The van der Waals surface area contributed by atoms with Crippen molar-refractivity contribution in [3.8, 4) is 0 Å². The summed E-state index contributed by atoms with van der Waals surface area (Å²) in [6.45, 7) is 8.81. The van der Waals surface area contributed by atoms with E-state index in [1.165, 1.54) is 49.7 Å². The molecule has 0 fully saturated rings. The predicted molar refractivity (Wildman–Crippen MR) is 79.6 cm³/mol. The highest BCUT2D eigenvalue weighted by Gasteiger charge is 2.05. The lowest BCUT2D eigenvalue weighted by Crippen LogP contribution is -1.99. The first kappa shape index (κ1) is 14.9. The molecular weight excluding hydrogens is 218 g/mol. The molecule has 1 aromatic rings. The second kappa shape index (κ2) is 8.91. The van der Waals surface area contributed by atoms with Crippen LogP contribution in [-0.4, -0.2) is 4.98 Å². The quantitative estimate of drug-likeness (QED) is 0.431. The maximum atomic E-state index is 4.24. The SMILES string of the molecule is C=C(CCCCc1cccnc1)C(C)CCCC. The van der Waals surface area contributed by atoms with Gasteiger partial charge in [0.2, 0.25) is 0 Å². The van der Waals surface area contributed by atoms with Crippen molar-refractivity contribution in [2.45, 2.75) is 58.8 Å². The van der Waals surface area contributed by atoms with Gasteiger partial charge in [0.25, 0.3) is 0 Å². The smallest absolute Gasteiger partial charge is 0.0299 e. The van der Waals surface area contributed by atoms with Crippen LogP contribution in [0.2, 0.25) is 0 Å². The summed E-state index contributed by atoms with van der Waals surface area (Å²) in [4.78, 5) is 4.14. The zero-order valence-corrected chi connectivity index (χ0v) is 12.0. The van der Waals surface area contributed by atoms with E-state index in [4.69, 9.17) is 0 Å². The fraction of sp³-hybridized carbons (Fsp3) is 0.588. The van der Waals surface area contributed by atoms with E-state index in [0.717, 1.165) is 6.42 Å². The molecule has 18 heavy (non-hydrogen) atoms. The molecule has 0 N–H and O–H groups in total. The number of allylic oxidation sites excluding steroid dienone is 1. The molecule has 1 unspecified atom stereocenters. The molecule has 1 atom stereocenters. The minimum atomic E-state index is 0.698. The standard InChI is InChI=1S/C17H27N/c1-4-5-9-15(2)16(3)10-6-7-11-17-12-8-13-18-14-17/h8,12-15H,3-7,9-11H2,1-2H3. The molecule has 0 spiro atoms. The van der Waals surface area contributed by atoms with Crippen molar-refractivity contribution in [1.82, 2.24) is 4.98 Å². The van der Waals surface area contributed by atoms with Crippen molar-refractivity contribution in [1.29, 1.82) is 0 Å². The lowest BCUT2D eigenvalue weighted by Gasteiger charge is -2.14. The number of pyridine rings is 1. The minimum absolute atomic E-state index is 0.698. The van der Waals surface area contributed by atoms with Crippen LogP contribution in [-0.2, 0) is 6.42 Å². The largest absolute Gasteiger partial charge is 0.264 e. The zero-order valence-electron chi connectivity index (χ0n) is 12.0. The first-order valence-electron chi connectivity index (χ1n) is 7.30. The number of aryl methyl sites for hydroxylation is 1. The number of unbranched alkanes of at least 4 members (excludes halogenated alkanes) is 2. The fourth-order valence-electron chi connectivity index (χ4n) is 2.19. The first-order chi connectivity index (χ1) is 8.74. The minimum Gasteiger partial charge on any atom is -0.264 e. The third kappa shape index (κ3) is 6.00. The molecule has 0 aromatic carbocycles. The lowest BCUT2D eigenvalue weighted by molar-refractivity contribution is 0.545. The molecule has 0 aliphatic rings. The van der Waals surface area contributed by atoms with Crippen LogP contribution in [0.15, 0.2) is 36.7 Å². The molecule has 100 valence electrons. The highest BCUT2D eigenvalue weighted by Crippen LogP contribution is 2.21. The Labute approximate surface area is 112 Å². The molecule has 1 heterocycles. The average Bonchev–Trinajstić information content (AvgIpc) is 2.41. The van der Waals surface area contributed by atoms with Crippen LogP contribution in [0.3, 0.4) is 0 Å². The third-order valence-corrected chi connectivity index (χ3v) is 3.62. The Hall–Kier alpha value is -1.11. The maximum absolute atomic E-state index is 4.24. The molecule has 0 aliphatic carbocycles. The summed E-state index contributed by atoms with van der Waals surface area (Å²) >= 11 is 0. The van der Waals surface area contributed by atoms with Gasteiger partial charge in [0.15, 0.2) is 0 Å². The van der Waals surface area contributed by atoms with Crippen LogP contribution < -0.4 is 0 Å². The topological polar surface area (TPSA) is 12.9 Å². The van der Waals surface area contributed by atoms with Gasteiger partial charge in [0.05, 0.1) is 0 Å². The van der Waals surface area contributed by atoms with Gasteiger partial charge in [0, 0.05) is 12.4 Å². The van der Waals surface area contributed by atoms with E-state index in [1.54, 1.807) is 0 Å². The Bertz CT molecular complexity index is 329. The van der Waals surface area contributed by atoms with E-state index in [2.05, 4.69) is 31.5 Å². The summed E-state index contributed by atoms with van der Waals surface area (Å²) in [5.74, 6) is 0.698. The van der Waals surface area contributed by atoms with E-state index in [1.807, 2.05) is 18.5 Å². The monoisotopic (exact) mass is 245 g/mol. The highest BCUT2D eigenvalue weighted by atomic mass is 14.6. The van der Waals surface area contributed by atoms with Crippen LogP contribution in [0.4, 0.5) is 0 Å². The van der Waals surface area contributed by atoms with Crippen LogP contribution >= 0.6 is 0 Å². The van der Waals surface area contributed by atoms with Crippen molar-refractivity contribution in [2.75, 3.05) is 0 Å². The second-order valence-electron chi connectivity index (χ2n) is 5.27. The van der Waals surface area contributed by atoms with Crippen LogP contribution in [0.1, 0.15) is 57.9 Å². The summed E-state index contributed by atoms with van der Waals surface area (Å²) in [7, 11) is 0. The summed E-state index contributed by atoms with van der Waals surface area (Å²) < 4.78 is 0. The molecule has 0 bridgehead atoms. The van der Waals surface area contributed by atoms with E-state index in [9.17, 15) is 0 Å². The fourth-order valence-corrected chi connectivity index (χ4v) is 2.19. The molecule has 1 nitrogen and oxygen atoms in total. The van der Waals surface area contributed by atoms with Gasteiger partial charge in [0.1, 0.15) is 0 Å². The Morgan fingerprint density at radius 1 is 1.33 bits per heavy atom. The van der Waals surface area contributed by atoms with Gasteiger partial charge in [-0.3, -0.25) is 4.98 Å². The summed E-state index contributed by atoms with van der Waals surface area (Å²) in [6, 6.07) is 4.17. The first-order valence-corrected chi connectivity index (χ1v) is 7.30. The lowest BCUT2D eigenvalue weighted by atomic mass is 9.92. The Morgan fingerprint density at radius 2 is 2.17 bits per heavy atom. The van der Waals surface area contributed by atoms with Gasteiger partial charge in [-0.15, -0.1) is 0 Å². The second-order valence-corrected chi connectivity index (χ2v) is 5.27. The normalized spacial score (nSPS) is 12.3. The van der Waals surface area contributed by atoms with Crippen LogP contribution in [0.25, 0.3) is 0 Å². The van der Waals surface area contributed by atoms with E-state index >= 15 is 0 Å². The van der Waals surface area contributed by atoms with Gasteiger partial charge in [-0.25, -0.2) is 0 Å². The molecule has 0 saturated heterocycles. The third-order valence-electron chi connectivity index (χ3n) is 3.62. The molecule has 0 saturated carbocycles. The van der Waals surface area contributed by atoms with E-state index in [-0.39, 0.29) is 0 Å². The average molecular weight is 245 g/mol. The molecule has 0 radical (unpaired) electrons. The Kier molecular flexibility index (Phi) is 7.40. The molecule has 1 rings (SSSR count). The van der Waals surface area contributed by atoms with Crippen molar-refractivity contribution >= 4 is 0 Å². The van der Waals surface area contributed by atoms with Gasteiger partial charge < -0.3 is 0 Å². The Morgan fingerprint density at radius 3 is 2.83 bits per heavy atom. The predicted octanol–water partition coefficient (Wildman–Crippen LogP) is 5.18. The number of aromatic nitrogens is 1. The summed E-state index contributed by atoms with van der Waals surface area (Å²) in [5.41, 5.74) is 2.79. The van der Waals surface area contributed by atoms with Gasteiger partial charge in [-0.2, -0.15) is 0 Å². The maximum Gasteiger partial charge on any atom is 0.0299 e. The van der Waals surface area contributed by atoms with Gasteiger partial charge in [-0.05, 0) is 49.7 Å². The Balaban J connectivity index is 2.12. The van der Waals surface area contributed by atoms with Crippen molar-refractivity contribution < 1.29 is 0 Å². The van der Waals surface area contributed by atoms with E-state index in [0.29, 0.717) is 5.92 Å². The number of hydrogen-bond acceptors (Lipinski definition) is 1. The van der Waals surface area contributed by atoms with Crippen molar-refractivity contribution in [3.63, 3.8) is 0 Å². The van der Waals surface area contributed by atoms with Gasteiger partial charge >= 0.3 is 0 Å². The zero-order chi connectivity index (χ0) is 13.2. The molecule has 0 amide bonds. The van der Waals surface area contributed by atoms with E-state index < -0.39 is 0 Å². The summed E-state index contributed by atoms with van der Waals surface area (Å²) in [5, 5.41) is 0. The molecule has 1 heteroatoms. The summed E-state index contributed by atoms with van der Waals surface area (Å²) in [6.07, 6.45) is 12.6. The number of rotatable bonds is 9. The highest BCUT2D eigenvalue weighted by molar-refractivity contribution is 5.08. The van der Waals surface area contributed by atoms with Crippen LogP contribution in [0.5, 0.6) is 0 Å².